The number of para-hydroxylation sites is 1. The summed E-state index contributed by atoms with van der Waals surface area (Å²) in [5.41, 5.74) is 2.81. The van der Waals surface area contributed by atoms with Gasteiger partial charge in [0, 0.05) is 24.8 Å². The molecule has 1 fully saturated rings. The first-order chi connectivity index (χ1) is 13.3. The minimum atomic E-state index is -3.53. The fourth-order valence-corrected chi connectivity index (χ4v) is 4.69. The summed E-state index contributed by atoms with van der Waals surface area (Å²) in [6, 6.07) is 14.4. The van der Waals surface area contributed by atoms with E-state index in [0.717, 1.165) is 16.8 Å². The van der Waals surface area contributed by atoms with E-state index in [4.69, 9.17) is 0 Å². The minimum Gasteiger partial charge on any atom is -0.325 e. The number of benzene rings is 2. The summed E-state index contributed by atoms with van der Waals surface area (Å²) in [5.74, 6) is -0.0552. The predicted octanol–water partition coefficient (Wildman–Crippen LogP) is 2.68. The SMILES string of the molecule is Cc1ccc(S(=O)(=O)NC2CCN(CC(=O)Nc3ccccc3)CC2)cc1C. The maximum Gasteiger partial charge on any atom is 0.240 e. The zero-order chi connectivity index (χ0) is 20.1. The lowest BCUT2D eigenvalue weighted by atomic mass is 10.1. The quantitative estimate of drug-likeness (QED) is 0.780. The van der Waals surface area contributed by atoms with Crippen molar-refractivity contribution in [2.45, 2.75) is 37.6 Å². The number of anilines is 1. The number of nitrogens with one attached hydrogen (secondary N) is 2. The third kappa shape index (κ3) is 5.41. The number of aryl methyl sites for hydroxylation is 2. The second-order valence-corrected chi connectivity index (χ2v) is 9.05. The van der Waals surface area contributed by atoms with Gasteiger partial charge in [0.1, 0.15) is 0 Å². The molecular weight excluding hydrogens is 374 g/mol. The number of hydrogen-bond acceptors (Lipinski definition) is 4. The van der Waals surface area contributed by atoms with Gasteiger partial charge in [0.05, 0.1) is 11.4 Å². The molecule has 0 radical (unpaired) electrons. The van der Waals surface area contributed by atoms with Gasteiger partial charge < -0.3 is 5.32 Å². The van der Waals surface area contributed by atoms with Crippen molar-refractivity contribution in [2.75, 3.05) is 25.0 Å². The molecule has 2 N–H and O–H groups in total. The molecule has 150 valence electrons. The summed E-state index contributed by atoms with van der Waals surface area (Å²) in [4.78, 5) is 14.5. The maximum atomic E-state index is 12.6. The Labute approximate surface area is 167 Å². The summed E-state index contributed by atoms with van der Waals surface area (Å²) < 4.78 is 28.1. The summed E-state index contributed by atoms with van der Waals surface area (Å²) in [6.07, 6.45) is 1.37. The fraction of sp³-hybridized carbons (Fsp3) is 0.381. The highest BCUT2D eigenvalue weighted by molar-refractivity contribution is 7.89. The number of likely N-dealkylation sites (tertiary alicyclic amines) is 1. The highest BCUT2D eigenvalue weighted by Crippen LogP contribution is 2.18. The van der Waals surface area contributed by atoms with Gasteiger partial charge in [0.25, 0.3) is 0 Å². The summed E-state index contributed by atoms with van der Waals surface area (Å²) in [5, 5.41) is 2.88. The lowest BCUT2D eigenvalue weighted by Gasteiger charge is -2.31. The van der Waals surface area contributed by atoms with Crippen LogP contribution in [0.5, 0.6) is 0 Å². The first-order valence-electron chi connectivity index (χ1n) is 9.50. The lowest BCUT2D eigenvalue weighted by Crippen LogP contribution is -2.46. The first kappa shape index (κ1) is 20.5. The molecule has 3 rings (SSSR count). The maximum absolute atomic E-state index is 12.6. The van der Waals surface area contributed by atoms with Gasteiger partial charge in [-0.15, -0.1) is 0 Å². The second kappa shape index (κ2) is 8.86. The van der Waals surface area contributed by atoms with E-state index in [1.165, 1.54) is 0 Å². The van der Waals surface area contributed by atoms with Gasteiger partial charge >= 0.3 is 0 Å². The molecule has 2 aromatic carbocycles. The van der Waals surface area contributed by atoms with Gasteiger partial charge in [0.15, 0.2) is 0 Å². The summed E-state index contributed by atoms with van der Waals surface area (Å²) in [7, 11) is -3.53. The molecule has 0 atom stereocenters. The largest absolute Gasteiger partial charge is 0.325 e. The molecule has 7 heteroatoms. The highest BCUT2D eigenvalue weighted by atomic mass is 32.2. The van der Waals surface area contributed by atoms with Crippen molar-refractivity contribution in [1.82, 2.24) is 9.62 Å². The van der Waals surface area contributed by atoms with Crippen LogP contribution >= 0.6 is 0 Å². The van der Waals surface area contributed by atoms with Crippen molar-refractivity contribution in [3.05, 3.63) is 59.7 Å². The zero-order valence-electron chi connectivity index (χ0n) is 16.3. The number of amides is 1. The van der Waals surface area contributed by atoms with Crippen LogP contribution in [0.2, 0.25) is 0 Å². The average Bonchev–Trinajstić information content (AvgIpc) is 2.66. The Morgan fingerprint density at radius 2 is 1.71 bits per heavy atom. The fourth-order valence-electron chi connectivity index (χ4n) is 3.30. The van der Waals surface area contributed by atoms with Gasteiger partial charge in [-0.2, -0.15) is 0 Å². The molecule has 1 heterocycles. The number of carbonyl (C=O) groups is 1. The monoisotopic (exact) mass is 401 g/mol. The van der Waals surface area contributed by atoms with Gasteiger partial charge in [-0.1, -0.05) is 24.3 Å². The van der Waals surface area contributed by atoms with E-state index in [0.29, 0.717) is 37.4 Å². The number of carbonyl (C=O) groups excluding carboxylic acids is 1. The van der Waals surface area contributed by atoms with Crippen LogP contribution in [0.3, 0.4) is 0 Å². The van der Waals surface area contributed by atoms with Crippen LogP contribution < -0.4 is 10.0 Å². The third-order valence-corrected chi connectivity index (χ3v) is 6.64. The normalized spacial score (nSPS) is 16.1. The molecule has 0 aromatic heterocycles. The van der Waals surface area contributed by atoms with Crippen LogP contribution in [0.1, 0.15) is 24.0 Å². The van der Waals surface area contributed by atoms with Gasteiger partial charge in [0.2, 0.25) is 15.9 Å². The Hall–Kier alpha value is -2.22. The zero-order valence-corrected chi connectivity index (χ0v) is 17.1. The smallest absolute Gasteiger partial charge is 0.240 e. The number of sulfonamides is 1. The minimum absolute atomic E-state index is 0.0552. The van der Waals surface area contributed by atoms with Crippen molar-refractivity contribution in [3.63, 3.8) is 0 Å². The molecule has 0 bridgehead atoms. The molecule has 1 aliphatic heterocycles. The van der Waals surface area contributed by atoms with Gasteiger partial charge in [-0.3, -0.25) is 9.69 Å². The number of nitrogens with zero attached hydrogens (tertiary/aromatic N) is 1. The van der Waals surface area contributed by atoms with E-state index < -0.39 is 10.0 Å². The number of hydrogen-bond donors (Lipinski definition) is 2. The lowest BCUT2D eigenvalue weighted by molar-refractivity contribution is -0.117. The Morgan fingerprint density at radius 1 is 1.04 bits per heavy atom. The van der Waals surface area contributed by atoms with E-state index in [9.17, 15) is 13.2 Å². The van der Waals surface area contributed by atoms with Crippen LogP contribution in [-0.4, -0.2) is 44.9 Å². The third-order valence-electron chi connectivity index (χ3n) is 5.12. The molecule has 28 heavy (non-hydrogen) atoms. The van der Waals surface area contributed by atoms with Crippen molar-refractivity contribution in [1.29, 1.82) is 0 Å². The average molecular weight is 402 g/mol. The second-order valence-electron chi connectivity index (χ2n) is 7.33. The van der Waals surface area contributed by atoms with Crippen molar-refractivity contribution >= 4 is 21.6 Å². The summed E-state index contributed by atoms with van der Waals surface area (Å²) in [6.45, 7) is 5.55. The van der Waals surface area contributed by atoms with Crippen LogP contribution in [0.15, 0.2) is 53.4 Å². The summed E-state index contributed by atoms with van der Waals surface area (Å²) >= 11 is 0. The van der Waals surface area contributed by atoms with Crippen LogP contribution in [-0.2, 0) is 14.8 Å². The van der Waals surface area contributed by atoms with E-state index in [1.807, 2.05) is 50.2 Å². The first-order valence-corrected chi connectivity index (χ1v) is 11.0. The highest BCUT2D eigenvalue weighted by Gasteiger charge is 2.25. The Morgan fingerprint density at radius 3 is 2.36 bits per heavy atom. The number of piperidine rings is 1. The molecular formula is C21H27N3O3S. The van der Waals surface area contributed by atoms with Crippen LogP contribution in [0.4, 0.5) is 5.69 Å². The predicted molar refractivity (Wildman–Crippen MR) is 111 cm³/mol. The van der Waals surface area contributed by atoms with Crippen molar-refractivity contribution in [2.24, 2.45) is 0 Å². The Bertz CT molecular complexity index is 921. The molecule has 2 aromatic rings. The van der Waals surface area contributed by atoms with E-state index >= 15 is 0 Å². The van der Waals surface area contributed by atoms with E-state index in [-0.39, 0.29) is 11.9 Å². The molecule has 6 nitrogen and oxygen atoms in total. The topological polar surface area (TPSA) is 78.5 Å². The van der Waals surface area contributed by atoms with E-state index in [2.05, 4.69) is 14.9 Å². The number of rotatable bonds is 6. The van der Waals surface area contributed by atoms with Crippen molar-refractivity contribution in [3.8, 4) is 0 Å². The van der Waals surface area contributed by atoms with Gasteiger partial charge in [-0.05, 0) is 62.1 Å². The van der Waals surface area contributed by atoms with Crippen molar-refractivity contribution < 1.29 is 13.2 Å². The van der Waals surface area contributed by atoms with Crippen LogP contribution in [0, 0.1) is 13.8 Å². The Kier molecular flexibility index (Phi) is 6.49. The Balaban J connectivity index is 1.49. The molecule has 0 unspecified atom stereocenters. The molecule has 0 spiro atoms. The molecule has 1 amide bonds. The van der Waals surface area contributed by atoms with E-state index in [1.54, 1.807) is 12.1 Å². The standard InChI is InChI=1S/C21H27N3O3S/c1-16-8-9-20(14-17(16)2)28(26,27)23-19-10-12-24(13-11-19)15-21(25)22-18-6-4-3-5-7-18/h3-9,14,19,23H,10-13,15H2,1-2H3,(H,22,25). The molecule has 0 saturated carbocycles. The molecule has 1 aliphatic rings. The van der Waals surface area contributed by atoms with Crippen LogP contribution in [0.25, 0.3) is 0 Å². The molecule has 0 aliphatic carbocycles. The molecule has 1 saturated heterocycles. The van der Waals surface area contributed by atoms with Gasteiger partial charge in [-0.25, -0.2) is 13.1 Å².